The zero-order valence-corrected chi connectivity index (χ0v) is 11.4. The number of aliphatic carboxylic acids is 1. The topological polar surface area (TPSA) is 76.2 Å². The number of hydrogen-bond donors (Lipinski definition) is 1. The summed E-state index contributed by atoms with van der Waals surface area (Å²) in [6.45, 7) is 0. The van der Waals surface area contributed by atoms with Crippen LogP contribution in [-0.2, 0) is 11.2 Å². The van der Waals surface area contributed by atoms with Gasteiger partial charge in [0.15, 0.2) is 0 Å². The predicted molar refractivity (Wildman–Crippen MR) is 68.0 cm³/mol. The Morgan fingerprint density at radius 2 is 2.21 bits per heavy atom. The molecule has 0 aliphatic rings. The van der Waals surface area contributed by atoms with Crippen LogP contribution in [0.25, 0.3) is 11.4 Å². The summed E-state index contributed by atoms with van der Waals surface area (Å²) in [7, 11) is 0. The van der Waals surface area contributed by atoms with Crippen molar-refractivity contribution in [2.45, 2.75) is 19.3 Å². The molecule has 0 saturated heterocycles. The molecular formula is C12H10BrFN2O3. The number of carboxylic acids is 1. The largest absolute Gasteiger partial charge is 0.481 e. The van der Waals surface area contributed by atoms with Gasteiger partial charge in [0.2, 0.25) is 11.7 Å². The standard InChI is InChI=1S/C12H10BrFN2O3/c13-8-4-7(5-9(14)6-8)12-15-10(19-16-12)2-1-3-11(17)18/h4-6H,1-3H2,(H,17,18). The lowest BCUT2D eigenvalue weighted by Gasteiger charge is -1.96. The van der Waals surface area contributed by atoms with Crippen LogP contribution in [0.1, 0.15) is 18.7 Å². The maximum Gasteiger partial charge on any atom is 0.303 e. The minimum atomic E-state index is -0.867. The molecule has 0 spiro atoms. The predicted octanol–water partition coefficient (Wildman–Crippen LogP) is 3.05. The van der Waals surface area contributed by atoms with Crippen LogP contribution in [0.15, 0.2) is 27.2 Å². The van der Waals surface area contributed by atoms with E-state index in [1.165, 1.54) is 12.1 Å². The Morgan fingerprint density at radius 1 is 1.42 bits per heavy atom. The Bertz CT molecular complexity index is 580. The minimum absolute atomic E-state index is 0.0449. The Kier molecular flexibility index (Phi) is 4.26. The molecule has 1 N–H and O–H groups in total. The van der Waals surface area contributed by atoms with Gasteiger partial charge in [-0.15, -0.1) is 0 Å². The van der Waals surface area contributed by atoms with Crippen molar-refractivity contribution in [1.82, 2.24) is 10.1 Å². The summed E-state index contributed by atoms with van der Waals surface area (Å²) in [6, 6.07) is 4.31. The van der Waals surface area contributed by atoms with E-state index in [-0.39, 0.29) is 12.2 Å². The number of rotatable bonds is 5. The monoisotopic (exact) mass is 328 g/mol. The zero-order chi connectivity index (χ0) is 13.8. The van der Waals surface area contributed by atoms with E-state index in [2.05, 4.69) is 26.1 Å². The molecular weight excluding hydrogens is 319 g/mol. The van der Waals surface area contributed by atoms with Crippen molar-refractivity contribution in [2.75, 3.05) is 0 Å². The molecule has 2 aromatic rings. The van der Waals surface area contributed by atoms with E-state index in [1.807, 2.05) is 0 Å². The molecule has 0 amide bonds. The van der Waals surface area contributed by atoms with Crippen LogP contribution >= 0.6 is 15.9 Å². The van der Waals surface area contributed by atoms with Crippen LogP contribution in [0.2, 0.25) is 0 Å². The normalized spacial score (nSPS) is 10.6. The van der Waals surface area contributed by atoms with E-state index in [1.54, 1.807) is 6.07 Å². The quantitative estimate of drug-likeness (QED) is 0.912. The third kappa shape index (κ3) is 3.85. The van der Waals surface area contributed by atoms with E-state index >= 15 is 0 Å². The number of carboxylic acid groups (broad SMARTS) is 1. The smallest absolute Gasteiger partial charge is 0.303 e. The second-order valence-electron chi connectivity index (χ2n) is 3.92. The number of aromatic nitrogens is 2. The van der Waals surface area contributed by atoms with Gasteiger partial charge >= 0.3 is 5.97 Å². The van der Waals surface area contributed by atoms with Crippen LogP contribution < -0.4 is 0 Å². The first kappa shape index (κ1) is 13.7. The van der Waals surface area contributed by atoms with E-state index in [0.717, 1.165) is 0 Å². The summed E-state index contributed by atoms with van der Waals surface area (Å²) in [5.41, 5.74) is 0.500. The van der Waals surface area contributed by atoms with Crippen LogP contribution in [0, 0.1) is 5.82 Å². The summed E-state index contributed by atoms with van der Waals surface area (Å²) in [5.74, 6) is -0.641. The van der Waals surface area contributed by atoms with Gasteiger partial charge < -0.3 is 9.63 Å². The average molecular weight is 329 g/mol. The van der Waals surface area contributed by atoms with Crippen molar-refractivity contribution in [3.8, 4) is 11.4 Å². The third-order valence-electron chi connectivity index (χ3n) is 2.37. The first-order valence-corrected chi connectivity index (χ1v) is 6.35. The van der Waals surface area contributed by atoms with Gasteiger partial charge in [-0.05, 0) is 24.6 Å². The summed E-state index contributed by atoms with van der Waals surface area (Å²) in [4.78, 5) is 14.5. The van der Waals surface area contributed by atoms with Crippen molar-refractivity contribution in [3.63, 3.8) is 0 Å². The molecule has 0 radical (unpaired) electrons. The van der Waals surface area contributed by atoms with Gasteiger partial charge in [-0.3, -0.25) is 4.79 Å². The van der Waals surface area contributed by atoms with E-state index in [4.69, 9.17) is 9.63 Å². The maximum atomic E-state index is 13.2. The molecule has 7 heteroatoms. The lowest BCUT2D eigenvalue weighted by atomic mass is 10.2. The molecule has 1 heterocycles. The molecule has 0 atom stereocenters. The van der Waals surface area contributed by atoms with Crippen LogP contribution in [0.3, 0.4) is 0 Å². The molecule has 0 saturated carbocycles. The van der Waals surface area contributed by atoms with Gasteiger partial charge in [0.05, 0.1) is 0 Å². The van der Waals surface area contributed by atoms with Crippen molar-refractivity contribution >= 4 is 21.9 Å². The molecule has 0 unspecified atom stereocenters. The Hall–Kier alpha value is -1.76. The Labute approximate surface area is 116 Å². The average Bonchev–Trinajstić information content (AvgIpc) is 2.76. The molecule has 100 valence electrons. The van der Waals surface area contributed by atoms with Gasteiger partial charge in [-0.1, -0.05) is 21.1 Å². The van der Waals surface area contributed by atoms with Crippen molar-refractivity contribution < 1.29 is 18.8 Å². The maximum absolute atomic E-state index is 13.2. The SMILES string of the molecule is O=C(O)CCCc1nc(-c2cc(F)cc(Br)c2)no1. The van der Waals surface area contributed by atoms with Crippen LogP contribution in [-0.4, -0.2) is 21.2 Å². The van der Waals surface area contributed by atoms with Crippen LogP contribution in [0.4, 0.5) is 4.39 Å². The zero-order valence-electron chi connectivity index (χ0n) is 9.77. The molecule has 2 rings (SSSR count). The number of benzene rings is 1. The molecule has 1 aromatic heterocycles. The fraction of sp³-hybridized carbons (Fsp3) is 0.250. The van der Waals surface area contributed by atoms with Crippen molar-refractivity contribution in [1.29, 1.82) is 0 Å². The van der Waals surface area contributed by atoms with Gasteiger partial charge in [0.1, 0.15) is 5.82 Å². The second-order valence-corrected chi connectivity index (χ2v) is 4.83. The van der Waals surface area contributed by atoms with Gasteiger partial charge in [-0.25, -0.2) is 4.39 Å². The Balaban J connectivity index is 2.09. The van der Waals surface area contributed by atoms with Gasteiger partial charge in [0.25, 0.3) is 0 Å². The number of carbonyl (C=O) groups is 1. The summed E-state index contributed by atoms with van der Waals surface area (Å²) < 4.78 is 18.8. The number of aryl methyl sites for hydroxylation is 1. The van der Waals surface area contributed by atoms with Gasteiger partial charge in [0, 0.05) is 22.9 Å². The minimum Gasteiger partial charge on any atom is -0.481 e. The van der Waals surface area contributed by atoms with Gasteiger partial charge in [-0.2, -0.15) is 4.98 Å². The molecule has 5 nitrogen and oxygen atoms in total. The highest BCUT2D eigenvalue weighted by molar-refractivity contribution is 9.10. The fourth-order valence-corrected chi connectivity index (χ4v) is 2.01. The molecule has 19 heavy (non-hydrogen) atoms. The van der Waals surface area contributed by atoms with E-state index < -0.39 is 11.8 Å². The number of nitrogens with zero attached hydrogens (tertiary/aromatic N) is 2. The highest BCUT2D eigenvalue weighted by atomic mass is 79.9. The highest BCUT2D eigenvalue weighted by Gasteiger charge is 2.10. The molecule has 0 aliphatic heterocycles. The summed E-state index contributed by atoms with van der Waals surface area (Å²) in [5, 5.41) is 12.3. The summed E-state index contributed by atoms with van der Waals surface area (Å²) in [6.07, 6.45) is 0.850. The lowest BCUT2D eigenvalue weighted by molar-refractivity contribution is -0.137. The van der Waals surface area contributed by atoms with Crippen molar-refractivity contribution in [2.24, 2.45) is 0 Å². The molecule has 0 fully saturated rings. The Morgan fingerprint density at radius 3 is 2.89 bits per heavy atom. The first-order chi connectivity index (χ1) is 9.04. The molecule has 1 aromatic carbocycles. The van der Waals surface area contributed by atoms with Crippen LogP contribution in [0.5, 0.6) is 0 Å². The molecule has 0 aliphatic carbocycles. The summed E-state index contributed by atoms with van der Waals surface area (Å²) >= 11 is 3.18. The highest BCUT2D eigenvalue weighted by Crippen LogP contribution is 2.22. The fourth-order valence-electron chi connectivity index (χ4n) is 1.55. The van der Waals surface area contributed by atoms with Crippen molar-refractivity contribution in [3.05, 3.63) is 34.4 Å². The number of halogens is 2. The number of hydrogen-bond acceptors (Lipinski definition) is 4. The van der Waals surface area contributed by atoms with E-state index in [0.29, 0.717) is 28.8 Å². The third-order valence-corrected chi connectivity index (χ3v) is 2.83. The first-order valence-electron chi connectivity index (χ1n) is 5.55. The second kappa shape index (κ2) is 5.92. The van der Waals surface area contributed by atoms with E-state index in [9.17, 15) is 9.18 Å². The molecule has 0 bridgehead atoms. The lowest BCUT2D eigenvalue weighted by Crippen LogP contribution is -1.96.